The Kier molecular flexibility index (Phi) is 3.60. The Bertz CT molecular complexity index is 240. The second-order valence-electron chi connectivity index (χ2n) is 4.60. The normalized spacial score (nSPS) is 31.8. The summed E-state index contributed by atoms with van der Waals surface area (Å²) in [6.45, 7) is 7.61. The standard InChI is InChI=1S/C11H21NO3/c1-6-9-7-8(2)14-11(3,4)15-10(13)12(9)5/h8-9H,6-7H2,1-5H3. The summed E-state index contributed by atoms with van der Waals surface area (Å²) in [5.41, 5.74) is 0. The van der Waals surface area contributed by atoms with Crippen molar-refractivity contribution < 1.29 is 14.3 Å². The Morgan fingerprint density at radius 3 is 2.67 bits per heavy atom. The zero-order valence-electron chi connectivity index (χ0n) is 10.2. The van der Waals surface area contributed by atoms with Crippen molar-refractivity contribution in [2.75, 3.05) is 7.05 Å². The van der Waals surface area contributed by atoms with Crippen molar-refractivity contribution in [2.45, 2.75) is 58.5 Å². The van der Waals surface area contributed by atoms with Crippen LogP contribution in [0.1, 0.15) is 40.5 Å². The Morgan fingerprint density at radius 2 is 2.13 bits per heavy atom. The summed E-state index contributed by atoms with van der Waals surface area (Å²) in [7, 11) is 1.78. The molecule has 1 rings (SSSR count). The van der Waals surface area contributed by atoms with Gasteiger partial charge >= 0.3 is 6.09 Å². The summed E-state index contributed by atoms with van der Waals surface area (Å²) in [4.78, 5) is 13.3. The molecule has 4 nitrogen and oxygen atoms in total. The van der Waals surface area contributed by atoms with Crippen LogP contribution in [0.15, 0.2) is 0 Å². The summed E-state index contributed by atoms with van der Waals surface area (Å²) in [6, 6.07) is 0.198. The number of rotatable bonds is 1. The summed E-state index contributed by atoms with van der Waals surface area (Å²) < 4.78 is 10.9. The highest BCUT2D eigenvalue weighted by Gasteiger charge is 2.34. The van der Waals surface area contributed by atoms with Gasteiger partial charge in [-0.15, -0.1) is 0 Å². The van der Waals surface area contributed by atoms with E-state index in [1.807, 2.05) is 6.92 Å². The van der Waals surface area contributed by atoms with Crippen LogP contribution in [0.4, 0.5) is 4.79 Å². The van der Waals surface area contributed by atoms with Crippen LogP contribution < -0.4 is 0 Å². The van der Waals surface area contributed by atoms with Crippen LogP contribution in [0.2, 0.25) is 0 Å². The quantitative estimate of drug-likeness (QED) is 0.674. The van der Waals surface area contributed by atoms with Crippen LogP contribution in [-0.4, -0.2) is 36.0 Å². The van der Waals surface area contributed by atoms with Crippen molar-refractivity contribution in [1.82, 2.24) is 4.90 Å². The zero-order valence-corrected chi connectivity index (χ0v) is 10.2. The van der Waals surface area contributed by atoms with E-state index in [0.717, 1.165) is 12.8 Å². The molecule has 0 N–H and O–H groups in total. The SMILES string of the molecule is CCC1CC(C)OC(C)(C)OC(=O)N1C. The van der Waals surface area contributed by atoms with Gasteiger partial charge in [-0.2, -0.15) is 0 Å². The van der Waals surface area contributed by atoms with E-state index in [1.165, 1.54) is 0 Å². The fraction of sp³-hybridized carbons (Fsp3) is 0.909. The second kappa shape index (κ2) is 4.39. The number of hydrogen-bond acceptors (Lipinski definition) is 3. The highest BCUT2D eigenvalue weighted by molar-refractivity contribution is 5.68. The number of cyclic esters (lactones) is 1. The molecule has 0 bridgehead atoms. The van der Waals surface area contributed by atoms with Gasteiger partial charge in [0.15, 0.2) is 0 Å². The average Bonchev–Trinajstić information content (AvgIpc) is 2.09. The van der Waals surface area contributed by atoms with Gasteiger partial charge in [0, 0.05) is 26.9 Å². The van der Waals surface area contributed by atoms with Gasteiger partial charge in [-0.3, -0.25) is 0 Å². The molecule has 0 radical (unpaired) electrons. The summed E-state index contributed by atoms with van der Waals surface area (Å²) in [5, 5.41) is 0. The van der Waals surface area contributed by atoms with E-state index in [-0.39, 0.29) is 18.2 Å². The molecule has 0 aromatic rings. The maximum Gasteiger partial charge on any atom is 0.412 e. The molecule has 1 aliphatic rings. The number of hydrogen-bond donors (Lipinski definition) is 0. The van der Waals surface area contributed by atoms with Crippen molar-refractivity contribution in [3.63, 3.8) is 0 Å². The van der Waals surface area contributed by atoms with Gasteiger partial charge in [-0.1, -0.05) is 6.92 Å². The molecule has 15 heavy (non-hydrogen) atoms. The van der Waals surface area contributed by atoms with Crippen molar-refractivity contribution in [3.8, 4) is 0 Å². The van der Waals surface area contributed by atoms with Crippen LogP contribution in [-0.2, 0) is 9.47 Å². The summed E-state index contributed by atoms with van der Waals surface area (Å²) >= 11 is 0. The molecule has 0 saturated carbocycles. The van der Waals surface area contributed by atoms with Gasteiger partial charge in [0.1, 0.15) is 0 Å². The molecule has 4 heteroatoms. The smallest absolute Gasteiger partial charge is 0.412 e. The maximum atomic E-state index is 11.7. The lowest BCUT2D eigenvalue weighted by Crippen LogP contribution is -2.48. The summed E-state index contributed by atoms with van der Waals surface area (Å²) in [5.74, 6) is -0.830. The zero-order chi connectivity index (χ0) is 11.6. The predicted octanol–water partition coefficient (Wildman–Crippen LogP) is 2.38. The third kappa shape index (κ3) is 3.09. The first kappa shape index (κ1) is 12.3. The molecule has 0 spiro atoms. The lowest BCUT2D eigenvalue weighted by molar-refractivity contribution is -0.217. The van der Waals surface area contributed by atoms with E-state index in [2.05, 4.69) is 6.92 Å². The van der Waals surface area contributed by atoms with Crippen molar-refractivity contribution in [2.24, 2.45) is 0 Å². The molecule has 0 aromatic heterocycles. The molecule has 1 amide bonds. The van der Waals surface area contributed by atoms with Crippen LogP contribution in [0.5, 0.6) is 0 Å². The molecule has 1 saturated heterocycles. The Balaban J connectivity index is 2.80. The van der Waals surface area contributed by atoms with Crippen LogP contribution >= 0.6 is 0 Å². The Hall–Kier alpha value is -0.770. The molecule has 0 aliphatic carbocycles. The average molecular weight is 215 g/mol. The highest BCUT2D eigenvalue weighted by Crippen LogP contribution is 2.24. The maximum absolute atomic E-state index is 11.7. The first-order valence-electron chi connectivity index (χ1n) is 5.49. The third-order valence-corrected chi connectivity index (χ3v) is 2.73. The van der Waals surface area contributed by atoms with Gasteiger partial charge < -0.3 is 14.4 Å². The molecule has 1 fully saturated rings. The van der Waals surface area contributed by atoms with Crippen LogP contribution in [0.3, 0.4) is 0 Å². The fourth-order valence-electron chi connectivity index (χ4n) is 1.97. The number of ether oxygens (including phenoxy) is 2. The van der Waals surface area contributed by atoms with E-state index >= 15 is 0 Å². The van der Waals surface area contributed by atoms with Crippen molar-refractivity contribution in [3.05, 3.63) is 0 Å². The number of nitrogens with zero attached hydrogens (tertiary/aromatic N) is 1. The number of carbonyl (C=O) groups is 1. The topological polar surface area (TPSA) is 38.8 Å². The molecule has 1 heterocycles. The van der Waals surface area contributed by atoms with Gasteiger partial charge in [0.2, 0.25) is 5.79 Å². The number of amides is 1. The highest BCUT2D eigenvalue weighted by atomic mass is 16.7. The van der Waals surface area contributed by atoms with E-state index < -0.39 is 5.79 Å². The number of carbonyl (C=O) groups excluding carboxylic acids is 1. The van der Waals surface area contributed by atoms with E-state index in [1.54, 1.807) is 25.8 Å². The molecule has 2 atom stereocenters. The van der Waals surface area contributed by atoms with Gasteiger partial charge in [-0.25, -0.2) is 4.79 Å². The van der Waals surface area contributed by atoms with Gasteiger partial charge in [0.05, 0.1) is 6.10 Å². The monoisotopic (exact) mass is 215 g/mol. The van der Waals surface area contributed by atoms with Gasteiger partial charge in [0.25, 0.3) is 0 Å². The predicted molar refractivity (Wildman–Crippen MR) is 57.6 cm³/mol. The van der Waals surface area contributed by atoms with Crippen molar-refractivity contribution >= 4 is 6.09 Å². The molecule has 0 aromatic carbocycles. The van der Waals surface area contributed by atoms with Gasteiger partial charge in [-0.05, 0) is 19.8 Å². The second-order valence-corrected chi connectivity index (χ2v) is 4.60. The lowest BCUT2D eigenvalue weighted by Gasteiger charge is -2.38. The minimum atomic E-state index is -0.830. The molecule has 1 aliphatic heterocycles. The lowest BCUT2D eigenvalue weighted by atomic mass is 10.1. The van der Waals surface area contributed by atoms with Crippen LogP contribution in [0.25, 0.3) is 0 Å². The minimum Gasteiger partial charge on any atom is -0.417 e. The summed E-state index contributed by atoms with van der Waals surface area (Å²) in [6.07, 6.45) is 1.56. The largest absolute Gasteiger partial charge is 0.417 e. The Labute approximate surface area is 91.5 Å². The van der Waals surface area contributed by atoms with E-state index in [4.69, 9.17) is 9.47 Å². The van der Waals surface area contributed by atoms with E-state index in [0.29, 0.717) is 0 Å². The molecular weight excluding hydrogens is 194 g/mol. The fourth-order valence-corrected chi connectivity index (χ4v) is 1.97. The van der Waals surface area contributed by atoms with Crippen molar-refractivity contribution in [1.29, 1.82) is 0 Å². The molecule has 2 unspecified atom stereocenters. The van der Waals surface area contributed by atoms with E-state index in [9.17, 15) is 4.79 Å². The molecule has 88 valence electrons. The minimum absolute atomic E-state index is 0.0977. The third-order valence-electron chi connectivity index (χ3n) is 2.73. The first-order chi connectivity index (χ1) is 6.85. The molecular formula is C11H21NO3. The Morgan fingerprint density at radius 1 is 1.53 bits per heavy atom. The van der Waals surface area contributed by atoms with Crippen LogP contribution in [0, 0.1) is 0 Å². The first-order valence-corrected chi connectivity index (χ1v) is 5.49.